The Bertz CT molecular complexity index is 1380. The standard InChI is InChI=1S/C24H19N5O4/c30-22(26-15-8-9-20-21(11-15)33-14-32-20)12-19-23(31)28(13-16-5-3-4-10-25-16)24-27-17-6-1-2-7-18(17)29(19)24/h1-11,19H,12-14H2,(H,26,30). The number of rotatable bonds is 5. The zero-order valence-electron chi connectivity index (χ0n) is 17.5. The number of amides is 2. The van der Waals surface area contributed by atoms with E-state index in [2.05, 4.69) is 15.3 Å². The number of imidazole rings is 1. The summed E-state index contributed by atoms with van der Waals surface area (Å²) in [6, 6.07) is 17.7. The highest BCUT2D eigenvalue weighted by Gasteiger charge is 2.41. The molecule has 33 heavy (non-hydrogen) atoms. The summed E-state index contributed by atoms with van der Waals surface area (Å²) in [6.45, 7) is 0.440. The van der Waals surface area contributed by atoms with E-state index in [0.29, 0.717) is 23.1 Å². The Labute approximate surface area is 188 Å². The van der Waals surface area contributed by atoms with E-state index in [-0.39, 0.29) is 31.6 Å². The molecule has 0 radical (unpaired) electrons. The Kier molecular flexibility index (Phi) is 4.46. The van der Waals surface area contributed by atoms with Crippen LogP contribution in [-0.2, 0) is 16.1 Å². The topological polar surface area (TPSA) is 98.6 Å². The van der Waals surface area contributed by atoms with E-state index in [1.165, 1.54) is 0 Å². The fourth-order valence-electron chi connectivity index (χ4n) is 4.26. The fraction of sp³-hybridized carbons (Fsp3) is 0.167. The summed E-state index contributed by atoms with van der Waals surface area (Å²) in [5, 5.41) is 2.86. The van der Waals surface area contributed by atoms with Crippen LogP contribution in [0.1, 0.15) is 18.2 Å². The molecule has 1 N–H and O–H groups in total. The van der Waals surface area contributed by atoms with E-state index < -0.39 is 6.04 Å². The van der Waals surface area contributed by atoms with Crippen molar-refractivity contribution >= 4 is 34.5 Å². The average Bonchev–Trinajstić information content (AvgIpc) is 3.51. The summed E-state index contributed by atoms with van der Waals surface area (Å²) in [4.78, 5) is 37.0. The lowest BCUT2D eigenvalue weighted by atomic mass is 10.1. The van der Waals surface area contributed by atoms with Crippen molar-refractivity contribution < 1.29 is 19.1 Å². The Morgan fingerprint density at radius 1 is 1.06 bits per heavy atom. The highest BCUT2D eigenvalue weighted by atomic mass is 16.7. The Morgan fingerprint density at radius 2 is 1.91 bits per heavy atom. The van der Waals surface area contributed by atoms with Gasteiger partial charge in [0.05, 0.1) is 29.7 Å². The molecule has 0 fully saturated rings. The van der Waals surface area contributed by atoms with Gasteiger partial charge in [0.1, 0.15) is 6.04 Å². The summed E-state index contributed by atoms with van der Waals surface area (Å²) < 4.78 is 12.5. The highest BCUT2D eigenvalue weighted by Crippen LogP contribution is 2.38. The van der Waals surface area contributed by atoms with Gasteiger partial charge in [0.25, 0.3) is 5.91 Å². The molecule has 9 nitrogen and oxygen atoms in total. The molecule has 6 rings (SSSR count). The van der Waals surface area contributed by atoms with E-state index in [4.69, 9.17) is 9.47 Å². The van der Waals surface area contributed by atoms with Crippen LogP contribution in [0.2, 0.25) is 0 Å². The molecule has 9 heteroatoms. The molecule has 0 spiro atoms. The number of anilines is 2. The van der Waals surface area contributed by atoms with Crippen LogP contribution in [0.15, 0.2) is 66.9 Å². The monoisotopic (exact) mass is 441 g/mol. The van der Waals surface area contributed by atoms with Gasteiger partial charge in [-0.1, -0.05) is 18.2 Å². The number of hydrogen-bond donors (Lipinski definition) is 1. The van der Waals surface area contributed by atoms with Crippen LogP contribution in [0.25, 0.3) is 11.0 Å². The first-order valence-electron chi connectivity index (χ1n) is 10.5. The van der Waals surface area contributed by atoms with Gasteiger partial charge in [-0.25, -0.2) is 4.98 Å². The van der Waals surface area contributed by atoms with Crippen molar-refractivity contribution in [2.45, 2.75) is 19.0 Å². The molecule has 164 valence electrons. The summed E-state index contributed by atoms with van der Waals surface area (Å²) in [7, 11) is 0. The Hall–Kier alpha value is -4.40. The largest absolute Gasteiger partial charge is 0.454 e. The van der Waals surface area contributed by atoms with Crippen molar-refractivity contribution in [3.8, 4) is 11.5 Å². The van der Waals surface area contributed by atoms with Crippen LogP contribution < -0.4 is 19.7 Å². The summed E-state index contributed by atoms with van der Waals surface area (Å²) in [5.74, 6) is 1.27. The maximum atomic E-state index is 13.4. The van der Waals surface area contributed by atoms with E-state index in [1.807, 2.05) is 47.0 Å². The molecule has 1 unspecified atom stereocenters. The van der Waals surface area contributed by atoms with Crippen LogP contribution in [-0.4, -0.2) is 33.1 Å². The molecule has 0 saturated heterocycles. The second-order valence-corrected chi connectivity index (χ2v) is 7.85. The highest BCUT2D eigenvalue weighted by molar-refractivity contribution is 6.05. The van der Waals surface area contributed by atoms with Gasteiger partial charge in [-0.15, -0.1) is 0 Å². The molecule has 1 atom stereocenters. The number of nitrogens with zero attached hydrogens (tertiary/aromatic N) is 4. The number of para-hydroxylation sites is 2. The quantitative estimate of drug-likeness (QED) is 0.510. The molecule has 2 aromatic heterocycles. The number of nitrogens with one attached hydrogen (secondary N) is 1. The van der Waals surface area contributed by atoms with Crippen LogP contribution in [0.3, 0.4) is 0 Å². The minimum atomic E-state index is -0.704. The molecule has 0 aliphatic carbocycles. The first-order chi connectivity index (χ1) is 16.2. The number of aromatic nitrogens is 3. The SMILES string of the molecule is O=C(CC1C(=O)N(Cc2ccccn2)c2nc3ccccc3n21)Nc1ccc2c(c1)OCO2. The number of carbonyl (C=O) groups is 2. The van der Waals surface area contributed by atoms with Gasteiger partial charge in [-0.2, -0.15) is 0 Å². The van der Waals surface area contributed by atoms with E-state index in [9.17, 15) is 9.59 Å². The first-order valence-corrected chi connectivity index (χ1v) is 10.5. The lowest BCUT2D eigenvalue weighted by molar-refractivity contribution is -0.124. The van der Waals surface area contributed by atoms with Crippen molar-refractivity contribution in [3.63, 3.8) is 0 Å². The van der Waals surface area contributed by atoms with Crippen molar-refractivity contribution in [2.24, 2.45) is 0 Å². The van der Waals surface area contributed by atoms with E-state index in [1.54, 1.807) is 29.3 Å². The molecule has 2 aliphatic rings. The number of carbonyl (C=O) groups excluding carboxylic acids is 2. The van der Waals surface area contributed by atoms with E-state index >= 15 is 0 Å². The molecular formula is C24H19N5O4. The Morgan fingerprint density at radius 3 is 2.79 bits per heavy atom. The number of ether oxygens (including phenoxy) is 2. The zero-order valence-corrected chi connectivity index (χ0v) is 17.5. The minimum absolute atomic E-state index is 0.0284. The van der Waals surface area contributed by atoms with Gasteiger partial charge >= 0.3 is 0 Å². The second-order valence-electron chi connectivity index (χ2n) is 7.85. The van der Waals surface area contributed by atoms with Gasteiger partial charge in [-0.3, -0.25) is 24.0 Å². The fourth-order valence-corrected chi connectivity index (χ4v) is 4.26. The number of pyridine rings is 1. The van der Waals surface area contributed by atoms with E-state index in [0.717, 1.165) is 16.7 Å². The molecular weight excluding hydrogens is 422 g/mol. The third kappa shape index (κ3) is 3.34. The van der Waals surface area contributed by atoms with Gasteiger partial charge < -0.3 is 14.8 Å². The van der Waals surface area contributed by atoms with Crippen LogP contribution in [0.5, 0.6) is 11.5 Å². The van der Waals surface area contributed by atoms with Crippen molar-refractivity contribution in [3.05, 3.63) is 72.6 Å². The van der Waals surface area contributed by atoms with Crippen molar-refractivity contribution in [1.82, 2.24) is 14.5 Å². The third-order valence-corrected chi connectivity index (χ3v) is 5.76. The van der Waals surface area contributed by atoms with Crippen LogP contribution >= 0.6 is 0 Å². The Balaban J connectivity index is 1.30. The first kappa shape index (κ1) is 19.3. The smallest absolute Gasteiger partial charge is 0.253 e. The zero-order chi connectivity index (χ0) is 22.4. The minimum Gasteiger partial charge on any atom is -0.454 e. The van der Waals surface area contributed by atoms with Gasteiger partial charge in [-0.05, 0) is 36.4 Å². The number of benzene rings is 2. The van der Waals surface area contributed by atoms with Gasteiger partial charge in [0.15, 0.2) is 11.5 Å². The predicted octanol–water partition coefficient (Wildman–Crippen LogP) is 3.28. The van der Waals surface area contributed by atoms with Gasteiger partial charge in [0.2, 0.25) is 18.6 Å². The molecule has 4 aromatic rings. The number of fused-ring (bicyclic) bond motifs is 4. The maximum Gasteiger partial charge on any atom is 0.253 e. The molecule has 2 amide bonds. The van der Waals surface area contributed by atoms with Gasteiger partial charge in [0, 0.05) is 18.0 Å². The second kappa shape index (κ2) is 7.63. The summed E-state index contributed by atoms with van der Waals surface area (Å²) >= 11 is 0. The molecule has 4 heterocycles. The maximum absolute atomic E-state index is 13.4. The van der Waals surface area contributed by atoms with Crippen molar-refractivity contribution in [1.29, 1.82) is 0 Å². The van der Waals surface area contributed by atoms with Crippen LogP contribution in [0.4, 0.5) is 11.6 Å². The summed E-state index contributed by atoms with van der Waals surface area (Å²) in [6.07, 6.45) is 1.66. The van der Waals surface area contributed by atoms with Crippen LogP contribution in [0, 0.1) is 0 Å². The lowest BCUT2D eigenvalue weighted by Gasteiger charge is -2.15. The normalized spacial score (nSPS) is 16.3. The summed E-state index contributed by atoms with van der Waals surface area (Å²) in [5.41, 5.74) is 2.91. The molecule has 2 aliphatic heterocycles. The average molecular weight is 441 g/mol. The molecule has 2 aromatic carbocycles. The third-order valence-electron chi connectivity index (χ3n) is 5.76. The predicted molar refractivity (Wildman–Crippen MR) is 120 cm³/mol. The number of hydrogen-bond acceptors (Lipinski definition) is 6. The lowest BCUT2D eigenvalue weighted by Crippen LogP contribution is -2.31. The molecule has 0 saturated carbocycles. The van der Waals surface area contributed by atoms with Crippen molar-refractivity contribution in [2.75, 3.05) is 17.0 Å². The molecule has 0 bridgehead atoms.